The van der Waals surface area contributed by atoms with Crippen molar-refractivity contribution in [3.63, 3.8) is 0 Å². The Morgan fingerprint density at radius 3 is 1.85 bits per heavy atom. The zero-order valence-electron chi connectivity index (χ0n) is 14.6. The Bertz CT molecular complexity index is 1230. The van der Waals surface area contributed by atoms with Gasteiger partial charge in [0.1, 0.15) is 0 Å². The lowest BCUT2D eigenvalue weighted by molar-refractivity contribution is 0.774. The quantitative estimate of drug-likeness (QED) is 0.295. The van der Waals surface area contributed by atoms with Gasteiger partial charge in [0.25, 0.3) is 0 Å². The Balaban J connectivity index is 1.77. The third-order valence-electron chi connectivity index (χ3n) is 5.73. The Morgan fingerprint density at radius 2 is 1.15 bits per heavy atom. The molecule has 1 aliphatic rings. The monoisotopic (exact) mass is 380 g/mol. The summed E-state index contributed by atoms with van der Waals surface area (Å²) in [4.78, 5) is 2.86. The van der Waals surface area contributed by atoms with E-state index in [4.69, 9.17) is 0 Å². The van der Waals surface area contributed by atoms with Crippen molar-refractivity contribution >= 4 is 33.4 Å². The van der Waals surface area contributed by atoms with Crippen LogP contribution in [0.1, 0.15) is 22.3 Å². The first-order valence-corrected chi connectivity index (χ1v) is 10.9. The minimum absolute atomic E-state index is 0.226. The van der Waals surface area contributed by atoms with E-state index in [1.165, 1.54) is 42.8 Å². The number of hydrogen-bond acceptors (Lipinski definition) is 2. The smallest absolute Gasteiger partial charge is 0.0730 e. The van der Waals surface area contributed by atoms with Crippen molar-refractivity contribution in [1.29, 1.82) is 0 Å². The molecular weight excluding hydrogens is 364 g/mol. The number of rotatable bonds is 2. The van der Waals surface area contributed by atoms with Crippen molar-refractivity contribution in [2.75, 3.05) is 0 Å². The van der Waals surface area contributed by atoms with Gasteiger partial charge in [0, 0.05) is 9.75 Å². The predicted octanol–water partition coefficient (Wildman–Crippen LogP) is 7.33. The minimum Gasteiger partial charge on any atom is -0.143 e. The van der Waals surface area contributed by atoms with Gasteiger partial charge in [0.15, 0.2) is 0 Å². The Labute approximate surface area is 166 Å². The second-order valence-electron chi connectivity index (χ2n) is 7.00. The lowest BCUT2D eigenvalue weighted by Crippen LogP contribution is -2.27. The van der Waals surface area contributed by atoms with Crippen LogP contribution in [-0.4, -0.2) is 0 Å². The summed E-state index contributed by atoms with van der Waals surface area (Å²) in [6.07, 6.45) is 0. The summed E-state index contributed by atoms with van der Waals surface area (Å²) >= 11 is 3.73. The van der Waals surface area contributed by atoms with Crippen LogP contribution in [0.4, 0.5) is 0 Å². The van der Waals surface area contributed by atoms with Crippen LogP contribution in [0.3, 0.4) is 0 Å². The topological polar surface area (TPSA) is 0 Å². The molecule has 0 amide bonds. The van der Waals surface area contributed by atoms with Crippen LogP contribution in [0.25, 0.3) is 20.5 Å². The normalized spacial score (nSPS) is 14.2. The highest BCUT2D eigenvalue weighted by Gasteiger charge is 2.47. The highest BCUT2D eigenvalue weighted by Crippen LogP contribution is 2.59. The van der Waals surface area contributed by atoms with Crippen LogP contribution in [-0.2, 0) is 5.41 Å². The molecule has 0 atom stereocenters. The highest BCUT2D eigenvalue weighted by molar-refractivity contribution is 7.21. The molecular formula is C25H16S2. The van der Waals surface area contributed by atoms with Crippen LogP contribution in [0, 0.1) is 0 Å². The second-order valence-corrected chi connectivity index (χ2v) is 8.84. The molecule has 0 spiro atoms. The Morgan fingerprint density at radius 1 is 0.519 bits per heavy atom. The fourth-order valence-electron chi connectivity index (χ4n) is 4.61. The highest BCUT2D eigenvalue weighted by atomic mass is 32.1. The molecule has 0 unspecified atom stereocenters. The predicted molar refractivity (Wildman–Crippen MR) is 117 cm³/mol. The second kappa shape index (κ2) is 5.66. The summed E-state index contributed by atoms with van der Waals surface area (Å²) in [5, 5.41) is 7.07. The third kappa shape index (κ3) is 1.97. The van der Waals surface area contributed by atoms with E-state index in [1.54, 1.807) is 0 Å². The molecule has 27 heavy (non-hydrogen) atoms. The lowest BCUT2D eigenvalue weighted by Gasteiger charge is -2.32. The number of fused-ring (bicyclic) bond motifs is 4. The third-order valence-corrected chi connectivity index (χ3v) is 7.73. The van der Waals surface area contributed by atoms with Crippen molar-refractivity contribution in [3.05, 3.63) is 118 Å². The zero-order valence-corrected chi connectivity index (χ0v) is 16.2. The summed E-state index contributed by atoms with van der Waals surface area (Å²) in [5.41, 5.74) is 5.32. The maximum Gasteiger partial charge on any atom is 0.0730 e. The van der Waals surface area contributed by atoms with E-state index in [-0.39, 0.29) is 5.41 Å². The van der Waals surface area contributed by atoms with E-state index in [2.05, 4.69) is 95.7 Å². The van der Waals surface area contributed by atoms with Crippen LogP contribution in [0.15, 0.2) is 95.7 Å². The maximum atomic E-state index is 2.39. The van der Waals surface area contributed by atoms with E-state index in [0.29, 0.717) is 0 Å². The molecule has 0 bridgehead atoms. The standard InChI is InChI=1S/C25H16S2/c1-2-8-19(9-3-1)25(20-11-10-17-6-4-5-7-18(17)16-20)21-12-14-26-23(21)24-22(25)13-15-27-24/h1-16H. The molecule has 1 aliphatic carbocycles. The van der Waals surface area contributed by atoms with Gasteiger partial charge in [-0.15, -0.1) is 22.7 Å². The SMILES string of the molecule is c1ccc(C2(c3ccc4ccccc4c3)c3ccsc3-c3sccc32)cc1. The fourth-order valence-corrected chi connectivity index (χ4v) is 6.70. The van der Waals surface area contributed by atoms with Crippen molar-refractivity contribution in [2.24, 2.45) is 0 Å². The molecule has 0 aliphatic heterocycles. The van der Waals surface area contributed by atoms with Gasteiger partial charge < -0.3 is 0 Å². The van der Waals surface area contributed by atoms with Crippen LogP contribution >= 0.6 is 22.7 Å². The largest absolute Gasteiger partial charge is 0.143 e. The average Bonchev–Trinajstić information content (AvgIpc) is 3.43. The minimum atomic E-state index is -0.226. The van der Waals surface area contributed by atoms with E-state index < -0.39 is 0 Å². The molecule has 2 heterocycles. The maximum absolute atomic E-state index is 2.39. The molecule has 0 N–H and O–H groups in total. The molecule has 0 fully saturated rings. The molecule has 5 aromatic rings. The van der Waals surface area contributed by atoms with E-state index >= 15 is 0 Å². The van der Waals surface area contributed by atoms with Gasteiger partial charge in [-0.2, -0.15) is 0 Å². The van der Waals surface area contributed by atoms with E-state index in [9.17, 15) is 0 Å². The summed E-state index contributed by atoms with van der Waals surface area (Å²) in [6, 6.07) is 31.3. The fraction of sp³-hybridized carbons (Fsp3) is 0.0400. The molecule has 6 rings (SSSR count). The van der Waals surface area contributed by atoms with Gasteiger partial charge >= 0.3 is 0 Å². The Hall–Kier alpha value is -2.68. The Kier molecular flexibility index (Phi) is 3.22. The summed E-state index contributed by atoms with van der Waals surface area (Å²) < 4.78 is 0. The van der Waals surface area contributed by atoms with Gasteiger partial charge in [-0.25, -0.2) is 0 Å². The summed E-state index contributed by atoms with van der Waals surface area (Å²) in [5.74, 6) is 0. The zero-order chi connectivity index (χ0) is 17.8. The summed E-state index contributed by atoms with van der Waals surface area (Å²) in [7, 11) is 0. The lowest BCUT2D eigenvalue weighted by atomic mass is 9.68. The van der Waals surface area contributed by atoms with Crippen LogP contribution < -0.4 is 0 Å². The van der Waals surface area contributed by atoms with Crippen molar-refractivity contribution in [2.45, 2.75) is 5.41 Å². The van der Waals surface area contributed by atoms with Gasteiger partial charge in [-0.3, -0.25) is 0 Å². The molecule has 3 aromatic carbocycles. The van der Waals surface area contributed by atoms with Gasteiger partial charge in [-0.05, 0) is 62.0 Å². The molecule has 0 saturated heterocycles. The molecule has 0 saturated carbocycles. The molecule has 0 radical (unpaired) electrons. The molecule has 128 valence electrons. The number of benzene rings is 3. The first-order valence-electron chi connectivity index (χ1n) is 9.10. The first-order chi connectivity index (χ1) is 13.4. The van der Waals surface area contributed by atoms with E-state index in [0.717, 1.165) is 0 Å². The molecule has 2 heteroatoms. The van der Waals surface area contributed by atoms with Crippen molar-refractivity contribution < 1.29 is 0 Å². The summed E-state index contributed by atoms with van der Waals surface area (Å²) in [6.45, 7) is 0. The number of thiophene rings is 2. The van der Waals surface area contributed by atoms with Crippen molar-refractivity contribution in [1.82, 2.24) is 0 Å². The average molecular weight is 381 g/mol. The van der Waals surface area contributed by atoms with Crippen LogP contribution in [0.5, 0.6) is 0 Å². The van der Waals surface area contributed by atoms with Gasteiger partial charge in [0.2, 0.25) is 0 Å². The van der Waals surface area contributed by atoms with Gasteiger partial charge in [-0.1, -0.05) is 66.7 Å². The van der Waals surface area contributed by atoms with Crippen LogP contribution in [0.2, 0.25) is 0 Å². The molecule has 2 aromatic heterocycles. The van der Waals surface area contributed by atoms with Crippen molar-refractivity contribution in [3.8, 4) is 9.75 Å². The molecule has 0 nitrogen and oxygen atoms in total. The van der Waals surface area contributed by atoms with Gasteiger partial charge in [0.05, 0.1) is 5.41 Å². The van der Waals surface area contributed by atoms with E-state index in [1.807, 2.05) is 22.7 Å². The number of hydrogen-bond donors (Lipinski definition) is 0. The first kappa shape index (κ1) is 15.4.